The van der Waals surface area contributed by atoms with Crippen molar-refractivity contribution in [2.24, 2.45) is 11.3 Å². The van der Waals surface area contributed by atoms with E-state index >= 15 is 0 Å². The largest absolute Gasteiger partial charge is 0.309 e. The van der Waals surface area contributed by atoms with Gasteiger partial charge >= 0.3 is 0 Å². The van der Waals surface area contributed by atoms with Crippen molar-refractivity contribution in [1.82, 2.24) is 15.3 Å². The second-order valence-electron chi connectivity index (χ2n) is 5.15. The van der Waals surface area contributed by atoms with Gasteiger partial charge in [0, 0.05) is 24.6 Å². The van der Waals surface area contributed by atoms with Gasteiger partial charge in [-0.1, -0.05) is 13.8 Å². The van der Waals surface area contributed by atoms with Crippen LogP contribution in [0.4, 0.5) is 0 Å². The Kier molecular flexibility index (Phi) is 2.74. The normalized spacial score (nSPS) is 24.9. The van der Waals surface area contributed by atoms with E-state index in [4.69, 9.17) is 0 Å². The zero-order valence-electron chi connectivity index (χ0n) is 9.70. The molecule has 0 aliphatic heterocycles. The van der Waals surface area contributed by atoms with Crippen molar-refractivity contribution in [2.45, 2.75) is 33.2 Å². The molecule has 1 aliphatic rings. The number of hydrogen-bond acceptors (Lipinski definition) is 3. The summed E-state index contributed by atoms with van der Waals surface area (Å²) in [6.07, 6.45) is 6.62. The summed E-state index contributed by atoms with van der Waals surface area (Å²) in [6.45, 7) is 7.88. The molecule has 15 heavy (non-hydrogen) atoms. The highest BCUT2D eigenvalue weighted by molar-refractivity contribution is 5.02. The smallest absolute Gasteiger partial charge is 0.0753 e. The van der Waals surface area contributed by atoms with Crippen molar-refractivity contribution in [3.05, 3.63) is 24.3 Å². The molecule has 1 N–H and O–H groups in total. The predicted octanol–water partition coefficient (Wildman–Crippen LogP) is 2.17. The van der Waals surface area contributed by atoms with E-state index in [-0.39, 0.29) is 0 Å². The molecule has 1 aromatic rings. The molecule has 0 bridgehead atoms. The molecule has 0 amide bonds. The van der Waals surface area contributed by atoms with Crippen LogP contribution in [0.25, 0.3) is 0 Å². The van der Waals surface area contributed by atoms with Crippen molar-refractivity contribution < 1.29 is 0 Å². The first-order chi connectivity index (χ1) is 7.09. The van der Waals surface area contributed by atoms with E-state index in [0.29, 0.717) is 11.5 Å². The zero-order chi connectivity index (χ0) is 10.9. The number of aromatic nitrogens is 2. The van der Waals surface area contributed by atoms with Crippen molar-refractivity contribution in [3.8, 4) is 0 Å². The summed E-state index contributed by atoms with van der Waals surface area (Å²) in [5.41, 5.74) is 1.57. The van der Waals surface area contributed by atoms with E-state index in [1.165, 1.54) is 6.42 Å². The van der Waals surface area contributed by atoms with Crippen molar-refractivity contribution >= 4 is 0 Å². The standard InChI is InChI=1S/C12H19N3/c1-9(11-8-13-4-5-14-11)15-7-10-6-12(10,2)3/h4-5,8-10,15H,6-7H2,1-3H3. The monoisotopic (exact) mass is 205 g/mol. The Balaban J connectivity index is 1.81. The fourth-order valence-corrected chi connectivity index (χ4v) is 1.88. The van der Waals surface area contributed by atoms with Gasteiger partial charge in [-0.2, -0.15) is 0 Å². The highest BCUT2D eigenvalue weighted by Crippen LogP contribution is 2.51. The molecule has 82 valence electrons. The number of rotatable bonds is 4. The van der Waals surface area contributed by atoms with Gasteiger partial charge in [0.25, 0.3) is 0 Å². The van der Waals surface area contributed by atoms with Gasteiger partial charge in [-0.15, -0.1) is 0 Å². The molecule has 0 spiro atoms. The third kappa shape index (κ3) is 2.53. The fraction of sp³-hybridized carbons (Fsp3) is 0.667. The zero-order valence-corrected chi connectivity index (χ0v) is 9.70. The van der Waals surface area contributed by atoms with Crippen LogP contribution in [0.5, 0.6) is 0 Å². The molecule has 1 heterocycles. The maximum absolute atomic E-state index is 4.29. The van der Waals surface area contributed by atoms with Gasteiger partial charge in [0.15, 0.2) is 0 Å². The van der Waals surface area contributed by atoms with E-state index in [0.717, 1.165) is 18.2 Å². The fourth-order valence-electron chi connectivity index (χ4n) is 1.88. The van der Waals surface area contributed by atoms with Gasteiger partial charge < -0.3 is 5.32 Å². The molecule has 2 atom stereocenters. The van der Waals surface area contributed by atoms with Gasteiger partial charge in [-0.25, -0.2) is 0 Å². The molecule has 3 heteroatoms. The third-order valence-electron chi connectivity index (χ3n) is 3.41. The van der Waals surface area contributed by atoms with Gasteiger partial charge in [0.2, 0.25) is 0 Å². The van der Waals surface area contributed by atoms with Crippen LogP contribution in [-0.2, 0) is 0 Å². The minimum atomic E-state index is 0.301. The number of nitrogens with one attached hydrogen (secondary N) is 1. The van der Waals surface area contributed by atoms with E-state index in [2.05, 4.69) is 36.1 Å². The number of hydrogen-bond donors (Lipinski definition) is 1. The average Bonchev–Trinajstić information content (AvgIpc) is 2.84. The summed E-state index contributed by atoms with van der Waals surface area (Å²) in [4.78, 5) is 8.36. The maximum atomic E-state index is 4.29. The third-order valence-corrected chi connectivity index (χ3v) is 3.41. The average molecular weight is 205 g/mol. The summed E-state index contributed by atoms with van der Waals surface area (Å²) in [5, 5.41) is 3.51. The van der Waals surface area contributed by atoms with E-state index in [1.54, 1.807) is 12.4 Å². The van der Waals surface area contributed by atoms with Crippen LogP contribution in [0.3, 0.4) is 0 Å². The summed E-state index contributed by atoms with van der Waals surface area (Å²) in [7, 11) is 0. The molecule has 0 aromatic carbocycles. The lowest BCUT2D eigenvalue weighted by atomic mass is 10.1. The first-order valence-corrected chi connectivity index (χ1v) is 5.59. The van der Waals surface area contributed by atoms with Crippen LogP contribution in [0.1, 0.15) is 38.9 Å². The predicted molar refractivity (Wildman–Crippen MR) is 60.3 cm³/mol. The molecule has 0 radical (unpaired) electrons. The Morgan fingerprint density at radius 1 is 1.53 bits per heavy atom. The molecule has 1 aliphatic carbocycles. The van der Waals surface area contributed by atoms with E-state index in [1.807, 2.05) is 6.20 Å². The number of nitrogens with zero attached hydrogens (tertiary/aromatic N) is 2. The quantitative estimate of drug-likeness (QED) is 0.818. The van der Waals surface area contributed by atoms with Crippen LogP contribution >= 0.6 is 0 Å². The Labute approximate surface area is 91.3 Å². The lowest BCUT2D eigenvalue weighted by molar-refractivity contribution is 0.479. The second-order valence-corrected chi connectivity index (χ2v) is 5.15. The lowest BCUT2D eigenvalue weighted by Gasteiger charge is -2.13. The van der Waals surface area contributed by atoms with Gasteiger partial charge in [0.05, 0.1) is 5.69 Å². The summed E-state index contributed by atoms with van der Waals surface area (Å²) in [6, 6.07) is 0.301. The van der Waals surface area contributed by atoms with E-state index < -0.39 is 0 Å². The molecule has 3 nitrogen and oxygen atoms in total. The second kappa shape index (κ2) is 3.89. The topological polar surface area (TPSA) is 37.8 Å². The van der Waals surface area contributed by atoms with Crippen molar-refractivity contribution in [1.29, 1.82) is 0 Å². The minimum absolute atomic E-state index is 0.301. The molecule has 1 saturated carbocycles. The Bertz CT molecular complexity index is 321. The Hall–Kier alpha value is -0.960. The first-order valence-electron chi connectivity index (χ1n) is 5.59. The van der Waals surface area contributed by atoms with Crippen LogP contribution < -0.4 is 5.32 Å². The SMILES string of the molecule is CC(NCC1CC1(C)C)c1cnccn1. The summed E-state index contributed by atoms with van der Waals surface area (Å²) in [5.74, 6) is 0.830. The van der Waals surface area contributed by atoms with Crippen LogP contribution in [-0.4, -0.2) is 16.5 Å². The molecule has 1 fully saturated rings. The molecule has 1 aromatic heterocycles. The molecule has 2 unspecified atom stereocenters. The van der Waals surface area contributed by atoms with Crippen molar-refractivity contribution in [2.75, 3.05) is 6.54 Å². The highest BCUT2D eigenvalue weighted by Gasteiger charge is 2.44. The molecule has 2 rings (SSSR count). The van der Waals surface area contributed by atoms with Crippen LogP contribution in [0.2, 0.25) is 0 Å². The van der Waals surface area contributed by atoms with Gasteiger partial charge in [0.1, 0.15) is 0 Å². The van der Waals surface area contributed by atoms with Gasteiger partial charge in [-0.3, -0.25) is 9.97 Å². The Morgan fingerprint density at radius 2 is 2.27 bits per heavy atom. The summed E-state index contributed by atoms with van der Waals surface area (Å²) < 4.78 is 0. The Morgan fingerprint density at radius 3 is 2.80 bits per heavy atom. The molecular formula is C12H19N3. The first kappa shape index (κ1) is 10.6. The molecule has 0 saturated heterocycles. The van der Waals surface area contributed by atoms with Gasteiger partial charge in [-0.05, 0) is 31.2 Å². The van der Waals surface area contributed by atoms with E-state index in [9.17, 15) is 0 Å². The van der Waals surface area contributed by atoms with Crippen LogP contribution in [0, 0.1) is 11.3 Å². The van der Waals surface area contributed by atoms with Crippen LogP contribution in [0.15, 0.2) is 18.6 Å². The maximum Gasteiger partial charge on any atom is 0.0753 e. The highest BCUT2D eigenvalue weighted by atomic mass is 15.0. The van der Waals surface area contributed by atoms with Crippen molar-refractivity contribution in [3.63, 3.8) is 0 Å². The minimum Gasteiger partial charge on any atom is -0.309 e. The summed E-state index contributed by atoms with van der Waals surface area (Å²) >= 11 is 0. The molecular weight excluding hydrogens is 186 g/mol. The lowest BCUT2D eigenvalue weighted by Crippen LogP contribution is -2.23.